The molecule has 1 saturated heterocycles. The minimum absolute atomic E-state index is 0. The van der Waals surface area contributed by atoms with E-state index in [0.29, 0.717) is 0 Å². The van der Waals surface area contributed by atoms with Gasteiger partial charge in [0.15, 0.2) is 5.96 Å². The van der Waals surface area contributed by atoms with Gasteiger partial charge in [0.2, 0.25) is 0 Å². The molecule has 1 aliphatic heterocycles. The lowest BCUT2D eigenvalue weighted by Gasteiger charge is -2.48. The molecule has 0 aromatic carbocycles. The van der Waals surface area contributed by atoms with Crippen LogP contribution in [0.4, 0.5) is 0 Å². The Labute approximate surface area is 184 Å². The zero-order valence-electron chi connectivity index (χ0n) is 16.6. The molecule has 27 heavy (non-hydrogen) atoms. The van der Waals surface area contributed by atoms with Gasteiger partial charge in [-0.1, -0.05) is 26.2 Å². The number of hydrogen-bond donors (Lipinski definition) is 2. The van der Waals surface area contributed by atoms with E-state index < -0.39 is 0 Å². The van der Waals surface area contributed by atoms with Crippen LogP contribution in [0.15, 0.2) is 10.4 Å². The largest absolute Gasteiger partial charge is 0.379 e. The number of ether oxygens (including phenoxy) is 1. The molecular formula is C19H34IN5OS. The van der Waals surface area contributed by atoms with E-state index in [1.54, 1.807) is 11.3 Å². The van der Waals surface area contributed by atoms with Crippen molar-refractivity contribution in [2.75, 3.05) is 39.9 Å². The first kappa shape index (κ1) is 22.8. The Balaban J connectivity index is 0.00000261. The standard InChI is InChI=1S/C19H33N5OS.HI/c1-3-17-23-16(14-26-17)13-21-18(20-2)22-15-19(7-5-4-6-8-19)24-9-11-25-12-10-24;/h14H,3-13,15H2,1-2H3,(H2,20,21,22);1H. The van der Waals surface area contributed by atoms with Gasteiger partial charge in [-0.15, -0.1) is 35.3 Å². The summed E-state index contributed by atoms with van der Waals surface area (Å²) in [4.78, 5) is 11.7. The van der Waals surface area contributed by atoms with Gasteiger partial charge in [-0.3, -0.25) is 9.89 Å². The fourth-order valence-electron chi connectivity index (χ4n) is 4.09. The van der Waals surface area contributed by atoms with Crippen LogP contribution in [-0.4, -0.2) is 61.3 Å². The fourth-order valence-corrected chi connectivity index (χ4v) is 4.83. The Morgan fingerprint density at radius 2 is 2.00 bits per heavy atom. The van der Waals surface area contributed by atoms with E-state index in [9.17, 15) is 0 Å². The summed E-state index contributed by atoms with van der Waals surface area (Å²) in [6.45, 7) is 7.63. The van der Waals surface area contributed by atoms with Crippen molar-refractivity contribution < 1.29 is 4.74 Å². The second-order valence-electron chi connectivity index (χ2n) is 7.25. The second-order valence-corrected chi connectivity index (χ2v) is 8.19. The van der Waals surface area contributed by atoms with Crippen LogP contribution in [0.2, 0.25) is 0 Å². The molecule has 8 heteroatoms. The van der Waals surface area contributed by atoms with Crippen molar-refractivity contribution in [2.45, 2.75) is 57.5 Å². The van der Waals surface area contributed by atoms with E-state index in [-0.39, 0.29) is 29.5 Å². The minimum atomic E-state index is 0. The van der Waals surface area contributed by atoms with Crippen LogP contribution in [0.25, 0.3) is 0 Å². The van der Waals surface area contributed by atoms with Crippen molar-refractivity contribution in [2.24, 2.45) is 4.99 Å². The normalized spacial score (nSPS) is 20.7. The van der Waals surface area contributed by atoms with Gasteiger partial charge in [0.05, 0.1) is 30.5 Å². The maximum absolute atomic E-state index is 5.58. The smallest absolute Gasteiger partial charge is 0.191 e. The predicted octanol–water partition coefficient (Wildman–Crippen LogP) is 3.02. The Morgan fingerprint density at radius 1 is 1.26 bits per heavy atom. The van der Waals surface area contributed by atoms with Crippen molar-refractivity contribution >= 4 is 41.3 Å². The first-order valence-electron chi connectivity index (χ1n) is 9.96. The summed E-state index contributed by atoms with van der Waals surface area (Å²) in [7, 11) is 1.84. The van der Waals surface area contributed by atoms with E-state index in [0.717, 1.165) is 57.5 Å². The van der Waals surface area contributed by atoms with Crippen molar-refractivity contribution in [1.82, 2.24) is 20.5 Å². The summed E-state index contributed by atoms with van der Waals surface area (Å²) >= 11 is 1.73. The molecule has 0 amide bonds. The van der Waals surface area contributed by atoms with Gasteiger partial charge in [-0.2, -0.15) is 0 Å². The zero-order chi connectivity index (χ0) is 18.2. The van der Waals surface area contributed by atoms with Gasteiger partial charge in [-0.05, 0) is 19.3 Å². The molecule has 0 radical (unpaired) electrons. The van der Waals surface area contributed by atoms with E-state index in [2.05, 4.69) is 37.8 Å². The number of aryl methyl sites for hydroxylation is 1. The molecule has 1 aromatic rings. The number of thiazole rings is 1. The third-order valence-corrected chi connectivity index (χ3v) is 6.66. The van der Waals surface area contributed by atoms with E-state index in [1.165, 1.54) is 37.1 Å². The Bertz CT molecular complexity index is 582. The highest BCUT2D eigenvalue weighted by Gasteiger charge is 2.38. The summed E-state index contributed by atoms with van der Waals surface area (Å²) in [5.74, 6) is 0.870. The zero-order valence-corrected chi connectivity index (χ0v) is 19.8. The van der Waals surface area contributed by atoms with Crippen LogP contribution >= 0.6 is 35.3 Å². The number of nitrogens with one attached hydrogen (secondary N) is 2. The van der Waals surface area contributed by atoms with Crippen molar-refractivity contribution in [3.05, 3.63) is 16.1 Å². The first-order valence-corrected chi connectivity index (χ1v) is 10.8. The summed E-state index contributed by atoms with van der Waals surface area (Å²) < 4.78 is 5.58. The van der Waals surface area contributed by atoms with Gasteiger partial charge < -0.3 is 15.4 Å². The van der Waals surface area contributed by atoms with Crippen LogP contribution in [-0.2, 0) is 17.7 Å². The van der Waals surface area contributed by atoms with Crippen LogP contribution < -0.4 is 10.6 Å². The summed E-state index contributed by atoms with van der Waals surface area (Å²) in [5, 5.41) is 10.4. The molecule has 2 fully saturated rings. The Morgan fingerprint density at radius 3 is 2.63 bits per heavy atom. The molecule has 1 saturated carbocycles. The SMILES string of the molecule is CCc1nc(CNC(=NC)NCC2(N3CCOCC3)CCCCC2)cs1.I. The van der Waals surface area contributed by atoms with Gasteiger partial charge in [0.25, 0.3) is 0 Å². The topological polar surface area (TPSA) is 61.8 Å². The molecule has 1 aromatic heterocycles. The maximum atomic E-state index is 5.58. The molecule has 2 N–H and O–H groups in total. The molecule has 0 atom stereocenters. The number of morpholine rings is 1. The lowest BCUT2D eigenvalue weighted by molar-refractivity contribution is -0.0352. The van der Waals surface area contributed by atoms with E-state index in [1.807, 2.05) is 7.05 Å². The predicted molar refractivity (Wildman–Crippen MR) is 123 cm³/mol. The van der Waals surface area contributed by atoms with Gasteiger partial charge in [0, 0.05) is 37.6 Å². The highest BCUT2D eigenvalue weighted by Crippen LogP contribution is 2.33. The summed E-state index contributed by atoms with van der Waals surface area (Å²) in [6, 6.07) is 0. The molecule has 0 bridgehead atoms. The molecule has 0 unspecified atom stereocenters. The van der Waals surface area contributed by atoms with Gasteiger partial charge >= 0.3 is 0 Å². The van der Waals surface area contributed by atoms with Crippen LogP contribution in [0.5, 0.6) is 0 Å². The van der Waals surface area contributed by atoms with Crippen molar-refractivity contribution in [3.63, 3.8) is 0 Å². The molecule has 6 nitrogen and oxygen atoms in total. The lowest BCUT2D eigenvalue weighted by Crippen LogP contribution is -2.60. The first-order chi connectivity index (χ1) is 12.8. The molecule has 0 spiro atoms. The van der Waals surface area contributed by atoms with Gasteiger partial charge in [0.1, 0.15) is 0 Å². The molecule has 1 aliphatic carbocycles. The molecule has 3 rings (SSSR count). The summed E-state index contributed by atoms with van der Waals surface area (Å²) in [5.41, 5.74) is 1.34. The highest BCUT2D eigenvalue weighted by molar-refractivity contribution is 14.0. The van der Waals surface area contributed by atoms with Gasteiger partial charge in [-0.25, -0.2) is 4.98 Å². The summed E-state index contributed by atoms with van der Waals surface area (Å²) in [6.07, 6.45) is 7.54. The third kappa shape index (κ3) is 6.27. The van der Waals surface area contributed by atoms with Crippen LogP contribution in [0.1, 0.15) is 49.7 Å². The maximum Gasteiger partial charge on any atom is 0.191 e. The highest BCUT2D eigenvalue weighted by atomic mass is 127. The molecule has 2 heterocycles. The number of aromatic nitrogens is 1. The number of halogens is 1. The fraction of sp³-hybridized carbons (Fsp3) is 0.789. The number of hydrogen-bond acceptors (Lipinski definition) is 5. The van der Waals surface area contributed by atoms with Crippen molar-refractivity contribution in [3.8, 4) is 0 Å². The van der Waals surface area contributed by atoms with Crippen molar-refractivity contribution in [1.29, 1.82) is 0 Å². The molecular weight excluding hydrogens is 473 g/mol. The second kappa shape index (κ2) is 11.5. The lowest BCUT2D eigenvalue weighted by atomic mass is 9.80. The number of guanidine groups is 1. The van der Waals surface area contributed by atoms with Crippen LogP contribution in [0, 0.1) is 0 Å². The monoisotopic (exact) mass is 507 g/mol. The number of aliphatic imine (C=N–C) groups is 1. The molecule has 154 valence electrons. The quantitative estimate of drug-likeness (QED) is 0.352. The average Bonchev–Trinajstić information content (AvgIpc) is 3.18. The Kier molecular flexibility index (Phi) is 9.75. The number of rotatable bonds is 6. The van der Waals surface area contributed by atoms with E-state index in [4.69, 9.17) is 4.74 Å². The van der Waals surface area contributed by atoms with Crippen LogP contribution in [0.3, 0.4) is 0 Å². The van der Waals surface area contributed by atoms with E-state index >= 15 is 0 Å². The Hall–Kier alpha value is -0.450. The molecule has 2 aliphatic rings. The minimum Gasteiger partial charge on any atom is -0.379 e. The number of nitrogens with zero attached hydrogens (tertiary/aromatic N) is 3. The average molecular weight is 507 g/mol. The third-order valence-electron chi connectivity index (χ3n) is 5.61.